The molecule has 1 amide bonds. The molecule has 24 heavy (non-hydrogen) atoms. The lowest BCUT2D eigenvalue weighted by Crippen LogP contribution is -2.13. The minimum atomic E-state index is -0.802. The smallest absolute Gasteiger partial charge is 0.306 e. The Morgan fingerprint density at radius 1 is 1.08 bits per heavy atom. The van der Waals surface area contributed by atoms with Gasteiger partial charge in [-0.2, -0.15) is 0 Å². The Morgan fingerprint density at radius 3 is 2.42 bits per heavy atom. The first-order valence-corrected chi connectivity index (χ1v) is 8.11. The second kappa shape index (κ2) is 8.29. The van der Waals surface area contributed by atoms with Crippen molar-refractivity contribution in [3.8, 4) is 0 Å². The Morgan fingerprint density at radius 2 is 1.79 bits per heavy atom. The molecule has 0 spiro atoms. The molecule has 0 fully saturated rings. The lowest BCUT2D eigenvalue weighted by Gasteiger charge is -2.09. The molecule has 2 aromatic rings. The largest absolute Gasteiger partial charge is 0.481 e. The van der Waals surface area contributed by atoms with Gasteiger partial charge < -0.3 is 10.4 Å². The van der Waals surface area contributed by atoms with E-state index < -0.39 is 11.9 Å². The maximum absolute atomic E-state index is 12.0. The van der Waals surface area contributed by atoms with Gasteiger partial charge in [0.25, 0.3) is 0 Å². The molecule has 0 saturated carbocycles. The number of hydrogen-bond acceptors (Lipinski definition) is 2. The highest BCUT2D eigenvalue weighted by Crippen LogP contribution is 2.14. The molecule has 0 heterocycles. The molecule has 0 saturated heterocycles. The normalized spacial score (nSPS) is 11.8. The van der Waals surface area contributed by atoms with Crippen molar-refractivity contribution in [3.63, 3.8) is 0 Å². The number of hydrogen-bond donors (Lipinski definition) is 2. The Bertz CT molecular complexity index is 707. The number of amides is 1. The van der Waals surface area contributed by atoms with Gasteiger partial charge in [-0.3, -0.25) is 9.59 Å². The van der Waals surface area contributed by atoms with E-state index in [1.807, 2.05) is 49.4 Å². The van der Waals surface area contributed by atoms with Crippen LogP contribution in [0, 0.1) is 12.8 Å². The number of aliphatic carboxylic acids is 1. The van der Waals surface area contributed by atoms with Crippen LogP contribution in [0.3, 0.4) is 0 Å². The van der Waals surface area contributed by atoms with Crippen molar-refractivity contribution in [1.82, 2.24) is 0 Å². The second-order valence-electron chi connectivity index (χ2n) is 6.18. The Kier molecular flexibility index (Phi) is 6.13. The number of anilines is 1. The van der Waals surface area contributed by atoms with E-state index in [2.05, 4.69) is 11.4 Å². The highest BCUT2D eigenvalue weighted by atomic mass is 16.4. The van der Waals surface area contributed by atoms with E-state index in [1.165, 1.54) is 5.56 Å². The van der Waals surface area contributed by atoms with Gasteiger partial charge in [0.05, 0.1) is 5.92 Å². The van der Waals surface area contributed by atoms with Gasteiger partial charge >= 0.3 is 5.97 Å². The summed E-state index contributed by atoms with van der Waals surface area (Å²) in [5.41, 5.74) is 4.03. The number of carbonyl (C=O) groups excluding carboxylic acids is 1. The van der Waals surface area contributed by atoms with Crippen LogP contribution in [0.2, 0.25) is 0 Å². The Balaban J connectivity index is 1.84. The number of rotatable bonds is 7. The van der Waals surface area contributed by atoms with Gasteiger partial charge in [0.15, 0.2) is 0 Å². The summed E-state index contributed by atoms with van der Waals surface area (Å²) in [7, 11) is 0. The van der Waals surface area contributed by atoms with Crippen LogP contribution in [0.15, 0.2) is 48.5 Å². The Labute approximate surface area is 142 Å². The van der Waals surface area contributed by atoms with E-state index in [1.54, 1.807) is 6.92 Å². The van der Waals surface area contributed by atoms with Crippen LogP contribution in [-0.2, 0) is 22.4 Å². The molecule has 0 radical (unpaired) electrons. The van der Waals surface area contributed by atoms with E-state index in [4.69, 9.17) is 5.11 Å². The molecule has 0 aromatic heterocycles. The minimum Gasteiger partial charge on any atom is -0.481 e. The molecule has 0 aliphatic rings. The molecule has 0 bridgehead atoms. The molecule has 2 aromatic carbocycles. The van der Waals surface area contributed by atoms with Gasteiger partial charge in [0, 0.05) is 12.1 Å². The maximum atomic E-state index is 12.0. The van der Waals surface area contributed by atoms with Gasteiger partial charge in [-0.05, 0) is 43.0 Å². The van der Waals surface area contributed by atoms with Gasteiger partial charge in [-0.1, -0.05) is 48.9 Å². The van der Waals surface area contributed by atoms with Crippen molar-refractivity contribution in [2.45, 2.75) is 33.1 Å². The minimum absolute atomic E-state index is 0.0249. The van der Waals surface area contributed by atoms with Crippen LogP contribution in [0.5, 0.6) is 0 Å². The predicted octanol–water partition coefficient (Wildman–Crippen LogP) is 3.83. The van der Waals surface area contributed by atoms with Gasteiger partial charge in [0.1, 0.15) is 0 Å². The quantitative estimate of drug-likeness (QED) is 0.813. The third-order valence-corrected chi connectivity index (χ3v) is 3.92. The van der Waals surface area contributed by atoms with E-state index in [-0.39, 0.29) is 5.91 Å². The fourth-order valence-corrected chi connectivity index (χ4v) is 2.51. The summed E-state index contributed by atoms with van der Waals surface area (Å²) in [6.07, 6.45) is 1.62. The summed E-state index contributed by atoms with van der Waals surface area (Å²) in [5.74, 6) is -1.24. The highest BCUT2D eigenvalue weighted by molar-refractivity contribution is 5.90. The van der Waals surface area contributed by atoms with E-state index in [9.17, 15) is 9.59 Å². The summed E-state index contributed by atoms with van der Waals surface area (Å²) in [5, 5.41) is 11.8. The molecule has 2 rings (SSSR count). The van der Waals surface area contributed by atoms with Gasteiger partial charge in [-0.25, -0.2) is 0 Å². The zero-order chi connectivity index (χ0) is 17.5. The summed E-state index contributed by atoms with van der Waals surface area (Å²) < 4.78 is 0. The average molecular weight is 325 g/mol. The predicted molar refractivity (Wildman–Crippen MR) is 95.1 cm³/mol. The van der Waals surface area contributed by atoms with Crippen molar-refractivity contribution in [2.24, 2.45) is 5.92 Å². The molecule has 1 unspecified atom stereocenters. The van der Waals surface area contributed by atoms with Crippen LogP contribution in [0.4, 0.5) is 5.69 Å². The van der Waals surface area contributed by atoms with E-state index in [0.29, 0.717) is 19.3 Å². The second-order valence-corrected chi connectivity index (χ2v) is 6.18. The number of nitrogens with one attached hydrogen (secondary N) is 1. The molecule has 4 nitrogen and oxygen atoms in total. The Hall–Kier alpha value is -2.62. The molecule has 1 atom stereocenters. The van der Waals surface area contributed by atoms with Crippen molar-refractivity contribution >= 4 is 17.6 Å². The fraction of sp³-hybridized carbons (Fsp3) is 0.300. The lowest BCUT2D eigenvalue weighted by atomic mass is 10.0. The third-order valence-electron chi connectivity index (χ3n) is 3.92. The van der Waals surface area contributed by atoms with E-state index in [0.717, 1.165) is 16.8 Å². The molecule has 0 aliphatic heterocycles. The van der Waals surface area contributed by atoms with Crippen LogP contribution < -0.4 is 5.32 Å². The third kappa shape index (κ3) is 5.54. The number of carbonyl (C=O) groups is 2. The summed E-state index contributed by atoms with van der Waals surface area (Å²) >= 11 is 0. The SMILES string of the molecule is Cc1cccc(CCC(=O)Nc2ccc(CC(C)C(=O)O)cc2)c1. The number of benzene rings is 2. The average Bonchev–Trinajstić information content (AvgIpc) is 2.55. The number of carboxylic acids is 1. The topological polar surface area (TPSA) is 66.4 Å². The van der Waals surface area contributed by atoms with Crippen LogP contribution in [-0.4, -0.2) is 17.0 Å². The van der Waals surface area contributed by atoms with E-state index >= 15 is 0 Å². The van der Waals surface area contributed by atoms with Crippen molar-refractivity contribution in [1.29, 1.82) is 0 Å². The summed E-state index contributed by atoms with van der Waals surface area (Å²) in [6, 6.07) is 15.5. The van der Waals surface area contributed by atoms with Crippen molar-refractivity contribution < 1.29 is 14.7 Å². The molecular weight excluding hydrogens is 302 g/mol. The molecule has 4 heteroatoms. The molecular formula is C20H23NO3. The summed E-state index contributed by atoms with van der Waals surface area (Å²) in [6.45, 7) is 3.72. The van der Waals surface area contributed by atoms with Crippen LogP contribution >= 0.6 is 0 Å². The first-order chi connectivity index (χ1) is 11.4. The maximum Gasteiger partial charge on any atom is 0.306 e. The van der Waals surface area contributed by atoms with Crippen LogP contribution in [0.1, 0.15) is 30.0 Å². The molecule has 126 valence electrons. The lowest BCUT2D eigenvalue weighted by molar-refractivity contribution is -0.141. The standard InChI is InChI=1S/C20H23NO3/c1-14-4-3-5-16(12-14)8-11-19(22)21-18-9-6-17(7-10-18)13-15(2)20(23)24/h3-7,9-10,12,15H,8,11,13H2,1-2H3,(H,21,22)(H,23,24). The molecule has 0 aliphatic carbocycles. The van der Waals surface area contributed by atoms with Crippen molar-refractivity contribution in [2.75, 3.05) is 5.32 Å². The zero-order valence-electron chi connectivity index (χ0n) is 14.1. The van der Waals surface area contributed by atoms with Gasteiger partial charge in [0.2, 0.25) is 5.91 Å². The fourth-order valence-electron chi connectivity index (χ4n) is 2.51. The number of aryl methyl sites for hydroxylation is 2. The number of carboxylic acid groups (broad SMARTS) is 1. The monoisotopic (exact) mass is 325 g/mol. The first kappa shape index (κ1) is 17.7. The van der Waals surface area contributed by atoms with Crippen molar-refractivity contribution in [3.05, 3.63) is 65.2 Å². The molecule has 2 N–H and O–H groups in total. The first-order valence-electron chi connectivity index (χ1n) is 8.11. The van der Waals surface area contributed by atoms with Crippen LogP contribution in [0.25, 0.3) is 0 Å². The summed E-state index contributed by atoms with van der Waals surface area (Å²) in [4.78, 5) is 22.9. The van der Waals surface area contributed by atoms with Gasteiger partial charge in [-0.15, -0.1) is 0 Å². The highest BCUT2D eigenvalue weighted by Gasteiger charge is 2.11. The zero-order valence-corrected chi connectivity index (χ0v) is 14.1.